The van der Waals surface area contributed by atoms with Crippen LogP contribution in [-0.2, 0) is 0 Å². The highest BCUT2D eigenvalue weighted by atomic mass is 28.1. The van der Waals surface area contributed by atoms with Crippen LogP contribution < -0.4 is 10.6 Å². The first-order chi connectivity index (χ1) is 4.87. The van der Waals surface area contributed by atoms with E-state index in [4.69, 9.17) is 0 Å². The van der Waals surface area contributed by atoms with E-state index < -0.39 is 0 Å². The van der Waals surface area contributed by atoms with E-state index in [1.165, 1.54) is 0 Å². The number of rotatable bonds is 3. The topological polar surface area (TPSA) is 24.1 Å². The summed E-state index contributed by atoms with van der Waals surface area (Å²) in [6, 6.07) is 0. The lowest BCUT2D eigenvalue weighted by Gasteiger charge is -2.42. The Hall–Kier alpha value is 0.137. The Kier molecular flexibility index (Phi) is 3.74. The van der Waals surface area contributed by atoms with Gasteiger partial charge in [0.1, 0.15) is 0 Å². The normalized spacial score (nSPS) is 18.3. The average molecular weight is 174 g/mol. The molecule has 0 fully saturated rings. The Morgan fingerprint density at radius 3 is 1.73 bits per heavy atom. The summed E-state index contributed by atoms with van der Waals surface area (Å²) >= 11 is 0. The summed E-state index contributed by atoms with van der Waals surface area (Å²) in [4.78, 5) is 0. The molecular weight excluding hydrogens is 152 g/mol. The van der Waals surface area contributed by atoms with Crippen LogP contribution >= 0.6 is 0 Å². The van der Waals surface area contributed by atoms with E-state index in [1.807, 2.05) is 7.05 Å². The third-order valence-electron chi connectivity index (χ3n) is 2.74. The van der Waals surface area contributed by atoms with Crippen LogP contribution in [0.4, 0.5) is 0 Å². The lowest BCUT2D eigenvalue weighted by atomic mass is 9.85. The van der Waals surface area contributed by atoms with Crippen molar-refractivity contribution in [2.45, 2.75) is 25.9 Å². The molecule has 1 atom stereocenters. The van der Waals surface area contributed by atoms with E-state index in [0.717, 1.165) is 16.8 Å². The fourth-order valence-corrected chi connectivity index (χ4v) is 1.44. The van der Waals surface area contributed by atoms with Gasteiger partial charge in [0.25, 0.3) is 0 Å². The second-order valence-corrected chi connectivity index (χ2v) is 6.07. The van der Waals surface area contributed by atoms with Crippen LogP contribution in [0, 0.1) is 5.41 Å². The van der Waals surface area contributed by atoms with Crippen LogP contribution in [0.3, 0.4) is 0 Å². The van der Waals surface area contributed by atoms with Crippen molar-refractivity contribution in [2.24, 2.45) is 5.41 Å². The molecule has 0 spiro atoms. The Labute approximate surface area is 73.6 Å². The molecule has 0 aromatic heterocycles. The third-order valence-corrected chi connectivity index (χ3v) is 5.09. The predicted molar refractivity (Wildman–Crippen MR) is 55.1 cm³/mol. The highest BCUT2D eigenvalue weighted by Gasteiger charge is 2.34. The molecule has 68 valence electrons. The van der Waals surface area contributed by atoms with Gasteiger partial charge in [0.05, 0.1) is 0 Å². The van der Waals surface area contributed by atoms with Crippen LogP contribution in [0.15, 0.2) is 0 Å². The minimum atomic E-state index is 0.307. The van der Waals surface area contributed by atoms with Gasteiger partial charge >= 0.3 is 0 Å². The van der Waals surface area contributed by atoms with Crippen LogP contribution in [0.2, 0.25) is 0 Å². The SMILES string of the molecule is CNCC([SiH3])(NC)C(C)(C)C. The first-order valence-corrected chi connectivity index (χ1v) is 5.21. The quantitative estimate of drug-likeness (QED) is 0.566. The first kappa shape index (κ1) is 11.1. The van der Waals surface area contributed by atoms with Crippen molar-refractivity contribution in [3.05, 3.63) is 0 Å². The Bertz CT molecular complexity index is 120. The largest absolute Gasteiger partial charge is 0.318 e. The highest BCUT2D eigenvalue weighted by Crippen LogP contribution is 2.26. The Morgan fingerprint density at radius 2 is 1.64 bits per heavy atom. The number of nitrogens with one attached hydrogen (secondary N) is 2. The fraction of sp³-hybridized carbons (Fsp3) is 1.00. The average Bonchev–Trinajstić information content (AvgIpc) is 1.86. The molecule has 0 bridgehead atoms. The van der Waals surface area contributed by atoms with Gasteiger partial charge in [0.2, 0.25) is 0 Å². The van der Waals surface area contributed by atoms with Crippen molar-refractivity contribution >= 4 is 10.2 Å². The van der Waals surface area contributed by atoms with E-state index >= 15 is 0 Å². The first-order valence-electron chi connectivity index (χ1n) is 4.21. The van der Waals surface area contributed by atoms with Crippen LogP contribution in [0.5, 0.6) is 0 Å². The lowest BCUT2D eigenvalue weighted by Crippen LogP contribution is -2.59. The van der Waals surface area contributed by atoms with E-state index in [0.29, 0.717) is 10.6 Å². The molecule has 2 nitrogen and oxygen atoms in total. The zero-order valence-electron chi connectivity index (χ0n) is 8.71. The molecule has 3 heteroatoms. The van der Waals surface area contributed by atoms with E-state index in [1.54, 1.807) is 0 Å². The van der Waals surface area contributed by atoms with Gasteiger partial charge in [0, 0.05) is 21.9 Å². The van der Waals surface area contributed by atoms with Crippen LogP contribution in [0.25, 0.3) is 0 Å². The molecule has 11 heavy (non-hydrogen) atoms. The van der Waals surface area contributed by atoms with Gasteiger partial charge in [-0.15, -0.1) is 0 Å². The summed E-state index contributed by atoms with van der Waals surface area (Å²) < 4.78 is 0. The summed E-state index contributed by atoms with van der Waals surface area (Å²) in [6.07, 6.45) is 0. The van der Waals surface area contributed by atoms with Crippen molar-refractivity contribution in [3.63, 3.8) is 0 Å². The molecule has 0 aliphatic heterocycles. The summed E-state index contributed by atoms with van der Waals surface area (Å²) in [5.74, 6) is 0. The van der Waals surface area contributed by atoms with Crippen molar-refractivity contribution in [1.82, 2.24) is 10.6 Å². The molecule has 2 N–H and O–H groups in total. The minimum absolute atomic E-state index is 0.307. The molecule has 0 amide bonds. The minimum Gasteiger partial charge on any atom is -0.318 e. The standard InChI is InChI=1S/C8H22N2Si/c1-7(2,3)8(11,10-5)6-9-4/h9-10H,6H2,1-5,11H3. The smallest absolute Gasteiger partial charge is 0.0304 e. The zero-order chi connectivity index (χ0) is 9.12. The van der Waals surface area contributed by atoms with Crippen molar-refractivity contribution in [1.29, 1.82) is 0 Å². The number of hydrogen-bond acceptors (Lipinski definition) is 2. The molecule has 0 aromatic rings. The van der Waals surface area contributed by atoms with Gasteiger partial charge in [-0.1, -0.05) is 20.8 Å². The van der Waals surface area contributed by atoms with Crippen molar-refractivity contribution in [3.8, 4) is 0 Å². The summed E-state index contributed by atoms with van der Waals surface area (Å²) in [6.45, 7) is 7.91. The van der Waals surface area contributed by atoms with Gasteiger partial charge in [0.15, 0.2) is 0 Å². The van der Waals surface area contributed by atoms with Crippen molar-refractivity contribution < 1.29 is 0 Å². The Morgan fingerprint density at radius 1 is 1.18 bits per heavy atom. The van der Waals surface area contributed by atoms with Crippen molar-refractivity contribution in [2.75, 3.05) is 20.6 Å². The summed E-state index contributed by atoms with van der Waals surface area (Å²) in [5.41, 5.74) is 0.344. The second-order valence-electron chi connectivity index (χ2n) is 4.36. The molecule has 0 aromatic carbocycles. The third kappa shape index (κ3) is 2.58. The predicted octanol–water partition coefficient (Wildman–Crippen LogP) is -0.467. The monoisotopic (exact) mass is 174 g/mol. The molecular formula is C8H22N2Si. The van der Waals surface area contributed by atoms with E-state index in [-0.39, 0.29) is 0 Å². The molecule has 0 aliphatic carbocycles. The van der Waals surface area contributed by atoms with Gasteiger partial charge in [-0.05, 0) is 19.5 Å². The summed E-state index contributed by atoms with van der Waals surface area (Å²) in [7, 11) is 5.22. The van der Waals surface area contributed by atoms with Gasteiger partial charge in [-0.25, -0.2) is 0 Å². The molecule has 0 rings (SSSR count). The zero-order valence-corrected chi connectivity index (χ0v) is 10.7. The van der Waals surface area contributed by atoms with Gasteiger partial charge in [-0.2, -0.15) is 0 Å². The Balaban J connectivity index is 4.33. The highest BCUT2D eigenvalue weighted by molar-refractivity contribution is 6.16. The van der Waals surface area contributed by atoms with Gasteiger partial charge < -0.3 is 10.6 Å². The summed E-state index contributed by atoms with van der Waals surface area (Å²) in [5, 5.41) is 6.96. The molecule has 1 unspecified atom stereocenters. The maximum absolute atomic E-state index is 3.42. The molecule has 0 saturated heterocycles. The van der Waals surface area contributed by atoms with Gasteiger partial charge in [-0.3, -0.25) is 0 Å². The second kappa shape index (κ2) is 3.69. The van der Waals surface area contributed by atoms with Crippen LogP contribution in [-0.4, -0.2) is 36.0 Å². The molecule has 0 radical (unpaired) electrons. The fourth-order valence-electron chi connectivity index (χ4n) is 1.08. The van der Waals surface area contributed by atoms with E-state index in [9.17, 15) is 0 Å². The number of hydrogen-bond donors (Lipinski definition) is 2. The molecule has 0 heterocycles. The number of likely N-dealkylation sites (N-methyl/N-ethyl adjacent to an activating group) is 2. The lowest BCUT2D eigenvalue weighted by molar-refractivity contribution is 0.233. The molecule has 0 aliphatic rings. The molecule has 0 saturated carbocycles. The maximum Gasteiger partial charge on any atom is 0.0304 e. The van der Waals surface area contributed by atoms with E-state index in [2.05, 4.69) is 38.5 Å². The maximum atomic E-state index is 3.42. The van der Waals surface area contributed by atoms with Crippen LogP contribution in [0.1, 0.15) is 20.8 Å².